The van der Waals surface area contributed by atoms with Crippen LogP contribution in [-0.2, 0) is 13.0 Å². The smallest absolute Gasteiger partial charge is 0.319 e. The van der Waals surface area contributed by atoms with Crippen LogP contribution in [-0.4, -0.2) is 71.4 Å². The summed E-state index contributed by atoms with van der Waals surface area (Å²) in [4.78, 5) is 34.5. The molecule has 0 bridgehead atoms. The molecule has 0 aliphatic carbocycles. The number of likely N-dealkylation sites (tertiary alicyclic amines) is 1. The Bertz CT molecular complexity index is 646. The summed E-state index contributed by atoms with van der Waals surface area (Å²) >= 11 is 0. The number of pyridine rings is 1. The van der Waals surface area contributed by atoms with E-state index in [4.69, 9.17) is 5.73 Å². The molecule has 2 aliphatic rings. The summed E-state index contributed by atoms with van der Waals surface area (Å²) in [5.74, 6) is 0.0156. The Labute approximate surface area is 142 Å². The highest BCUT2D eigenvalue weighted by molar-refractivity contribution is 5.96. The molecule has 2 N–H and O–H groups in total. The fourth-order valence-corrected chi connectivity index (χ4v) is 3.49. The lowest BCUT2D eigenvalue weighted by Crippen LogP contribution is -2.46. The van der Waals surface area contributed by atoms with Crippen LogP contribution in [0.1, 0.15) is 34.3 Å². The highest BCUT2D eigenvalue weighted by Gasteiger charge is 2.29. The maximum atomic E-state index is 12.9. The minimum atomic E-state index is -0.0145. The molecule has 0 spiro atoms. The summed E-state index contributed by atoms with van der Waals surface area (Å²) in [5, 5.41) is 0. The summed E-state index contributed by atoms with van der Waals surface area (Å²) in [7, 11) is 3.49. The molecule has 0 saturated carbocycles. The highest BCUT2D eigenvalue weighted by Crippen LogP contribution is 2.24. The lowest BCUT2D eigenvalue weighted by atomic mass is 9.95. The molecular formula is C17H25N5O2. The zero-order valence-electron chi connectivity index (χ0n) is 14.4. The van der Waals surface area contributed by atoms with Gasteiger partial charge in [0.2, 0.25) is 0 Å². The van der Waals surface area contributed by atoms with Gasteiger partial charge >= 0.3 is 6.03 Å². The molecule has 1 saturated heterocycles. The van der Waals surface area contributed by atoms with Crippen LogP contribution in [0.25, 0.3) is 0 Å². The molecule has 1 aromatic rings. The van der Waals surface area contributed by atoms with E-state index in [2.05, 4.69) is 4.98 Å². The quantitative estimate of drug-likeness (QED) is 0.820. The number of piperidine rings is 1. The number of fused-ring (bicyclic) bond motifs is 1. The Hall–Kier alpha value is -2.15. The van der Waals surface area contributed by atoms with Crippen molar-refractivity contribution in [2.75, 3.05) is 33.7 Å². The predicted molar refractivity (Wildman–Crippen MR) is 90.5 cm³/mol. The number of carbonyl (C=O) groups is 2. The monoisotopic (exact) mass is 331 g/mol. The fourth-order valence-electron chi connectivity index (χ4n) is 3.49. The molecule has 1 aromatic heterocycles. The summed E-state index contributed by atoms with van der Waals surface area (Å²) in [6.45, 7) is 2.48. The Morgan fingerprint density at radius 2 is 2.04 bits per heavy atom. The number of aromatic nitrogens is 1. The van der Waals surface area contributed by atoms with E-state index < -0.39 is 0 Å². The first-order valence-electron chi connectivity index (χ1n) is 8.44. The lowest BCUT2D eigenvalue weighted by molar-refractivity contribution is 0.0706. The third-order valence-electron chi connectivity index (χ3n) is 4.77. The summed E-state index contributed by atoms with van der Waals surface area (Å²) in [5.41, 5.74) is 8.65. The number of nitrogens with two attached hydrogens (primary N) is 1. The van der Waals surface area contributed by atoms with Gasteiger partial charge in [-0.3, -0.25) is 9.78 Å². The van der Waals surface area contributed by atoms with E-state index >= 15 is 0 Å². The van der Waals surface area contributed by atoms with Crippen molar-refractivity contribution in [2.45, 2.75) is 31.8 Å². The van der Waals surface area contributed by atoms with Gasteiger partial charge in [-0.15, -0.1) is 0 Å². The van der Waals surface area contributed by atoms with Gasteiger partial charge in [0.15, 0.2) is 0 Å². The molecule has 1 atom stereocenters. The van der Waals surface area contributed by atoms with Crippen molar-refractivity contribution >= 4 is 11.9 Å². The first kappa shape index (κ1) is 16.7. The number of hydrogen-bond donors (Lipinski definition) is 1. The average molecular weight is 331 g/mol. The molecule has 24 heavy (non-hydrogen) atoms. The third kappa shape index (κ3) is 3.21. The van der Waals surface area contributed by atoms with E-state index in [9.17, 15) is 9.59 Å². The van der Waals surface area contributed by atoms with Crippen LogP contribution in [0.5, 0.6) is 0 Å². The SMILES string of the molecule is CN(C)C(=O)N1CCc2c(cncc2C(=O)N2CCCC(N)C2)C1. The fraction of sp³-hybridized carbons (Fsp3) is 0.588. The minimum Gasteiger partial charge on any atom is -0.337 e. The number of nitrogens with zero attached hydrogens (tertiary/aromatic N) is 4. The van der Waals surface area contributed by atoms with E-state index in [1.807, 2.05) is 4.90 Å². The molecule has 1 unspecified atom stereocenters. The van der Waals surface area contributed by atoms with Crippen LogP contribution < -0.4 is 5.73 Å². The minimum absolute atomic E-state index is 0.0145. The number of hydrogen-bond acceptors (Lipinski definition) is 4. The summed E-state index contributed by atoms with van der Waals surface area (Å²) in [6.07, 6.45) is 6.02. The molecule has 130 valence electrons. The maximum Gasteiger partial charge on any atom is 0.319 e. The Morgan fingerprint density at radius 3 is 2.75 bits per heavy atom. The molecule has 7 heteroatoms. The van der Waals surface area contributed by atoms with E-state index in [1.165, 1.54) is 0 Å². The van der Waals surface area contributed by atoms with Gasteiger partial charge in [-0.05, 0) is 30.4 Å². The zero-order valence-corrected chi connectivity index (χ0v) is 14.4. The third-order valence-corrected chi connectivity index (χ3v) is 4.77. The van der Waals surface area contributed by atoms with E-state index in [1.54, 1.807) is 36.3 Å². The van der Waals surface area contributed by atoms with Crippen LogP contribution in [0.2, 0.25) is 0 Å². The van der Waals surface area contributed by atoms with E-state index in [-0.39, 0.29) is 18.0 Å². The molecule has 3 amide bonds. The Kier molecular flexibility index (Phi) is 4.71. The molecule has 1 fully saturated rings. The van der Waals surface area contributed by atoms with Crippen LogP contribution in [0, 0.1) is 0 Å². The zero-order chi connectivity index (χ0) is 17.3. The van der Waals surface area contributed by atoms with Crippen molar-refractivity contribution in [3.05, 3.63) is 29.1 Å². The maximum absolute atomic E-state index is 12.9. The average Bonchev–Trinajstić information content (AvgIpc) is 2.59. The Morgan fingerprint density at radius 1 is 1.25 bits per heavy atom. The van der Waals surface area contributed by atoms with Gasteiger partial charge in [0.05, 0.1) is 5.56 Å². The Balaban J connectivity index is 1.81. The molecular weight excluding hydrogens is 306 g/mol. The summed E-state index contributed by atoms with van der Waals surface area (Å²) in [6, 6.07) is 0.0442. The van der Waals surface area contributed by atoms with Crippen molar-refractivity contribution in [3.63, 3.8) is 0 Å². The second-order valence-corrected chi connectivity index (χ2v) is 6.83. The van der Waals surface area contributed by atoms with Gasteiger partial charge in [-0.25, -0.2) is 4.79 Å². The lowest BCUT2D eigenvalue weighted by Gasteiger charge is -2.34. The first-order chi connectivity index (χ1) is 11.5. The van der Waals surface area contributed by atoms with Gasteiger partial charge < -0.3 is 20.4 Å². The van der Waals surface area contributed by atoms with Gasteiger partial charge in [0, 0.05) is 58.7 Å². The number of amides is 3. The van der Waals surface area contributed by atoms with Crippen molar-refractivity contribution in [1.82, 2.24) is 19.7 Å². The first-order valence-corrected chi connectivity index (χ1v) is 8.44. The van der Waals surface area contributed by atoms with Crippen molar-refractivity contribution < 1.29 is 9.59 Å². The van der Waals surface area contributed by atoms with Crippen molar-refractivity contribution in [1.29, 1.82) is 0 Å². The van der Waals surface area contributed by atoms with E-state index in [0.29, 0.717) is 31.6 Å². The summed E-state index contributed by atoms with van der Waals surface area (Å²) < 4.78 is 0. The molecule has 3 heterocycles. The standard InChI is InChI=1S/C17H25N5O2/c1-20(2)17(24)22-7-5-14-12(10-22)8-19-9-15(14)16(23)21-6-3-4-13(18)11-21/h8-9,13H,3-7,10-11,18H2,1-2H3. The van der Waals surface area contributed by atoms with Gasteiger partial charge in [-0.1, -0.05) is 0 Å². The molecule has 0 aromatic carbocycles. The number of carbonyl (C=O) groups excluding carboxylic acids is 2. The van der Waals surface area contributed by atoms with Gasteiger partial charge in [-0.2, -0.15) is 0 Å². The second kappa shape index (κ2) is 6.76. The van der Waals surface area contributed by atoms with Crippen LogP contribution in [0.3, 0.4) is 0 Å². The van der Waals surface area contributed by atoms with Crippen LogP contribution in [0.4, 0.5) is 4.79 Å². The second-order valence-electron chi connectivity index (χ2n) is 6.83. The topological polar surface area (TPSA) is 82.8 Å². The van der Waals surface area contributed by atoms with E-state index in [0.717, 1.165) is 30.5 Å². The van der Waals surface area contributed by atoms with Gasteiger partial charge in [0.25, 0.3) is 5.91 Å². The van der Waals surface area contributed by atoms with Crippen molar-refractivity contribution in [3.8, 4) is 0 Å². The largest absolute Gasteiger partial charge is 0.337 e. The van der Waals surface area contributed by atoms with Crippen LogP contribution >= 0.6 is 0 Å². The van der Waals surface area contributed by atoms with Crippen molar-refractivity contribution in [2.24, 2.45) is 5.73 Å². The molecule has 3 rings (SSSR count). The normalized spacial score (nSPS) is 20.5. The highest BCUT2D eigenvalue weighted by atomic mass is 16.2. The number of rotatable bonds is 1. The molecule has 2 aliphatic heterocycles. The van der Waals surface area contributed by atoms with Crippen LogP contribution in [0.15, 0.2) is 12.4 Å². The molecule has 7 nitrogen and oxygen atoms in total. The predicted octanol–water partition coefficient (Wildman–Crippen LogP) is 0.685. The van der Waals surface area contributed by atoms with Gasteiger partial charge in [0.1, 0.15) is 0 Å². The number of urea groups is 1. The molecule has 0 radical (unpaired) electrons.